The number of benzene rings is 2. The van der Waals surface area contributed by atoms with E-state index in [4.69, 9.17) is 0 Å². The molecule has 5 nitrogen and oxygen atoms in total. The molecule has 8 heteroatoms. The summed E-state index contributed by atoms with van der Waals surface area (Å²) in [6.07, 6.45) is -3.61. The van der Waals surface area contributed by atoms with Gasteiger partial charge in [-0.3, -0.25) is 9.59 Å². The molecule has 0 spiro atoms. The highest BCUT2D eigenvalue weighted by Gasteiger charge is 2.30. The van der Waals surface area contributed by atoms with Crippen LogP contribution in [0.5, 0.6) is 0 Å². The summed E-state index contributed by atoms with van der Waals surface area (Å²) in [5.74, 6) is -0.614. The van der Waals surface area contributed by atoms with Gasteiger partial charge in [0.1, 0.15) is 0 Å². The van der Waals surface area contributed by atoms with E-state index >= 15 is 0 Å². The van der Waals surface area contributed by atoms with Crippen LogP contribution in [0.15, 0.2) is 48.5 Å². The maximum Gasteiger partial charge on any atom is 0.416 e. The lowest BCUT2D eigenvalue weighted by molar-refractivity contribution is -0.137. The number of alkyl halides is 3. The van der Waals surface area contributed by atoms with Crippen molar-refractivity contribution in [3.8, 4) is 0 Å². The van der Waals surface area contributed by atoms with Crippen molar-refractivity contribution in [1.82, 2.24) is 5.32 Å². The minimum Gasteiger partial charge on any atom is -0.376 e. The Hall–Kier alpha value is -3.03. The molecule has 0 aromatic heterocycles. The fourth-order valence-corrected chi connectivity index (χ4v) is 2.24. The molecule has 0 saturated heterocycles. The number of carbonyl (C=O) groups excluding carboxylic acids is 2. The standard InChI is InChI=1S/C19H20F3N3O2/c1-2-10-23-18(27)13-6-8-15(9-7-13)25-17(26)12-24-16-5-3-4-14(11-16)19(20,21)22/h3-9,11,24H,2,10,12H2,1H3,(H,23,27)(H,25,26). The Bertz CT molecular complexity index is 790. The van der Waals surface area contributed by atoms with E-state index in [0.717, 1.165) is 18.6 Å². The lowest BCUT2D eigenvalue weighted by Crippen LogP contribution is -2.24. The van der Waals surface area contributed by atoms with E-state index in [1.165, 1.54) is 12.1 Å². The van der Waals surface area contributed by atoms with Crippen molar-refractivity contribution < 1.29 is 22.8 Å². The second kappa shape index (κ2) is 9.07. The average molecular weight is 379 g/mol. The van der Waals surface area contributed by atoms with E-state index in [0.29, 0.717) is 17.8 Å². The van der Waals surface area contributed by atoms with Gasteiger partial charge in [0.15, 0.2) is 0 Å². The first kappa shape index (κ1) is 20.3. The third-order valence-electron chi connectivity index (χ3n) is 3.61. The zero-order valence-electron chi connectivity index (χ0n) is 14.7. The second-order valence-electron chi connectivity index (χ2n) is 5.81. The molecule has 0 atom stereocenters. The van der Waals surface area contributed by atoms with Crippen LogP contribution in [-0.2, 0) is 11.0 Å². The lowest BCUT2D eigenvalue weighted by Gasteiger charge is -2.11. The maximum absolute atomic E-state index is 12.7. The molecule has 0 saturated carbocycles. The maximum atomic E-state index is 12.7. The summed E-state index contributed by atoms with van der Waals surface area (Å²) in [5, 5.41) is 8.01. The predicted octanol–water partition coefficient (Wildman–Crippen LogP) is 3.90. The summed E-state index contributed by atoms with van der Waals surface area (Å²) >= 11 is 0. The Kier molecular flexibility index (Phi) is 6.81. The second-order valence-corrected chi connectivity index (χ2v) is 5.81. The average Bonchev–Trinajstić information content (AvgIpc) is 2.64. The van der Waals surface area contributed by atoms with E-state index < -0.39 is 17.6 Å². The highest BCUT2D eigenvalue weighted by Crippen LogP contribution is 2.30. The van der Waals surface area contributed by atoms with E-state index in [1.54, 1.807) is 24.3 Å². The van der Waals surface area contributed by atoms with Gasteiger partial charge in [-0.2, -0.15) is 13.2 Å². The predicted molar refractivity (Wildman–Crippen MR) is 97.6 cm³/mol. The number of nitrogens with one attached hydrogen (secondary N) is 3. The quantitative estimate of drug-likeness (QED) is 0.683. The first-order chi connectivity index (χ1) is 12.8. The van der Waals surface area contributed by atoms with Crippen LogP contribution in [-0.4, -0.2) is 24.9 Å². The summed E-state index contributed by atoms with van der Waals surface area (Å²) in [6, 6.07) is 11.0. The molecule has 0 aliphatic rings. The molecular weight excluding hydrogens is 359 g/mol. The van der Waals surface area contributed by atoms with Crippen LogP contribution in [0.2, 0.25) is 0 Å². The summed E-state index contributed by atoms with van der Waals surface area (Å²) in [4.78, 5) is 23.8. The van der Waals surface area contributed by atoms with E-state index in [9.17, 15) is 22.8 Å². The van der Waals surface area contributed by atoms with Gasteiger partial charge in [0.2, 0.25) is 5.91 Å². The number of rotatable bonds is 7. The third-order valence-corrected chi connectivity index (χ3v) is 3.61. The minimum atomic E-state index is -4.44. The van der Waals surface area contributed by atoms with Crippen molar-refractivity contribution in [1.29, 1.82) is 0 Å². The molecule has 0 aliphatic carbocycles. The van der Waals surface area contributed by atoms with Gasteiger partial charge in [0.05, 0.1) is 12.1 Å². The van der Waals surface area contributed by atoms with Crippen LogP contribution in [0.1, 0.15) is 29.3 Å². The molecule has 144 valence electrons. The van der Waals surface area contributed by atoms with Crippen molar-refractivity contribution in [2.45, 2.75) is 19.5 Å². The fraction of sp³-hybridized carbons (Fsp3) is 0.263. The zero-order chi connectivity index (χ0) is 19.9. The molecule has 2 aromatic carbocycles. The topological polar surface area (TPSA) is 70.2 Å². The largest absolute Gasteiger partial charge is 0.416 e. The summed E-state index contributed by atoms with van der Waals surface area (Å²) in [5.41, 5.74) is 0.370. The van der Waals surface area contributed by atoms with Gasteiger partial charge in [-0.15, -0.1) is 0 Å². The molecule has 0 fully saturated rings. The van der Waals surface area contributed by atoms with Gasteiger partial charge in [-0.25, -0.2) is 0 Å². The molecule has 2 amide bonds. The number of hydrogen-bond acceptors (Lipinski definition) is 3. The first-order valence-corrected chi connectivity index (χ1v) is 8.39. The number of anilines is 2. The molecule has 2 aromatic rings. The minimum absolute atomic E-state index is 0.194. The first-order valence-electron chi connectivity index (χ1n) is 8.39. The number of halogens is 3. The van der Waals surface area contributed by atoms with Crippen LogP contribution in [0.25, 0.3) is 0 Å². The molecule has 2 rings (SSSR count). The number of hydrogen-bond donors (Lipinski definition) is 3. The Morgan fingerprint density at radius 3 is 2.33 bits per heavy atom. The van der Waals surface area contributed by atoms with Crippen LogP contribution in [0, 0.1) is 0 Å². The number of amides is 2. The van der Waals surface area contributed by atoms with Crippen molar-refractivity contribution >= 4 is 23.2 Å². The van der Waals surface area contributed by atoms with Crippen molar-refractivity contribution in [2.24, 2.45) is 0 Å². The Morgan fingerprint density at radius 2 is 1.70 bits per heavy atom. The van der Waals surface area contributed by atoms with Gasteiger partial charge in [0, 0.05) is 23.5 Å². The van der Waals surface area contributed by atoms with Gasteiger partial charge in [0.25, 0.3) is 5.91 Å². The van der Waals surface area contributed by atoms with E-state index in [-0.39, 0.29) is 18.1 Å². The fourth-order valence-electron chi connectivity index (χ4n) is 2.24. The summed E-state index contributed by atoms with van der Waals surface area (Å²) in [6.45, 7) is 2.34. The van der Waals surface area contributed by atoms with Gasteiger partial charge >= 0.3 is 6.18 Å². The molecule has 0 bridgehead atoms. The van der Waals surface area contributed by atoms with Gasteiger partial charge in [-0.1, -0.05) is 13.0 Å². The Morgan fingerprint density at radius 1 is 1.00 bits per heavy atom. The Balaban J connectivity index is 1.88. The molecule has 27 heavy (non-hydrogen) atoms. The molecule has 3 N–H and O–H groups in total. The highest BCUT2D eigenvalue weighted by atomic mass is 19.4. The van der Waals surface area contributed by atoms with E-state index in [1.807, 2.05) is 6.92 Å². The monoisotopic (exact) mass is 379 g/mol. The molecule has 0 unspecified atom stereocenters. The molecular formula is C19H20F3N3O2. The molecule has 0 radical (unpaired) electrons. The SMILES string of the molecule is CCCNC(=O)c1ccc(NC(=O)CNc2cccc(C(F)(F)F)c2)cc1. The summed E-state index contributed by atoms with van der Waals surface area (Å²) in [7, 11) is 0. The van der Waals surface area contributed by atoms with E-state index in [2.05, 4.69) is 16.0 Å². The molecule has 0 aliphatic heterocycles. The van der Waals surface area contributed by atoms with Crippen molar-refractivity contribution in [2.75, 3.05) is 23.7 Å². The summed E-state index contributed by atoms with van der Waals surface area (Å²) < 4.78 is 38.0. The highest BCUT2D eigenvalue weighted by molar-refractivity contribution is 5.96. The molecule has 0 heterocycles. The van der Waals surface area contributed by atoms with Crippen LogP contribution < -0.4 is 16.0 Å². The third kappa shape index (κ3) is 6.32. The van der Waals surface area contributed by atoms with Crippen molar-refractivity contribution in [3.63, 3.8) is 0 Å². The Labute approximate surface area is 155 Å². The lowest BCUT2D eigenvalue weighted by atomic mass is 10.2. The number of carbonyl (C=O) groups is 2. The van der Waals surface area contributed by atoms with Crippen LogP contribution >= 0.6 is 0 Å². The van der Waals surface area contributed by atoms with Crippen LogP contribution in [0.4, 0.5) is 24.5 Å². The van der Waals surface area contributed by atoms with Gasteiger partial charge in [-0.05, 0) is 48.9 Å². The van der Waals surface area contributed by atoms with Crippen LogP contribution in [0.3, 0.4) is 0 Å². The van der Waals surface area contributed by atoms with Crippen molar-refractivity contribution in [3.05, 3.63) is 59.7 Å². The van der Waals surface area contributed by atoms with Gasteiger partial charge < -0.3 is 16.0 Å². The normalized spacial score (nSPS) is 11.0. The smallest absolute Gasteiger partial charge is 0.376 e. The zero-order valence-corrected chi connectivity index (χ0v) is 14.7.